The molecule has 1 aromatic carbocycles. The van der Waals surface area contributed by atoms with E-state index in [0.29, 0.717) is 5.89 Å². The number of hydrogen-bond donors (Lipinski definition) is 1. The van der Waals surface area contributed by atoms with Crippen molar-refractivity contribution in [1.29, 1.82) is 0 Å². The highest BCUT2D eigenvalue weighted by Crippen LogP contribution is 2.27. The normalized spacial score (nSPS) is 18.7. The summed E-state index contributed by atoms with van der Waals surface area (Å²) in [6, 6.07) is 5.97. The number of nitrogens with one attached hydrogen (secondary N) is 1. The maximum absolute atomic E-state index is 5.40. The predicted molar refractivity (Wildman–Crippen MR) is 72.8 cm³/mol. The van der Waals surface area contributed by atoms with Crippen LogP contribution in [0.5, 0.6) is 0 Å². The fourth-order valence-electron chi connectivity index (χ4n) is 2.56. The molecule has 1 saturated heterocycles. The minimum Gasteiger partial charge on any atom is -0.334 e. The van der Waals surface area contributed by atoms with Crippen LogP contribution in [0.2, 0.25) is 0 Å². The number of fused-ring (bicyclic) bond motifs is 1. The van der Waals surface area contributed by atoms with Crippen LogP contribution in [-0.4, -0.2) is 26.7 Å². The Hall–Kier alpha value is -2.34. The van der Waals surface area contributed by atoms with E-state index in [1.807, 2.05) is 18.2 Å². The van der Waals surface area contributed by atoms with Gasteiger partial charge in [-0.05, 0) is 31.5 Å². The zero-order valence-corrected chi connectivity index (χ0v) is 10.8. The highest BCUT2D eigenvalue weighted by molar-refractivity contribution is 5.88. The Bertz CT molecular complexity index is 743. The predicted octanol–water partition coefficient (Wildman–Crippen LogP) is 2.10. The maximum Gasteiger partial charge on any atom is 0.260 e. The molecule has 1 fully saturated rings. The first-order valence-electron chi connectivity index (χ1n) is 6.69. The summed E-state index contributed by atoms with van der Waals surface area (Å²) in [7, 11) is 0. The molecule has 0 amide bonds. The molecule has 0 aliphatic carbocycles. The number of nitrogens with zero attached hydrogens (tertiary/aromatic N) is 4. The van der Waals surface area contributed by atoms with Gasteiger partial charge >= 0.3 is 0 Å². The van der Waals surface area contributed by atoms with Gasteiger partial charge in [0.15, 0.2) is 5.82 Å². The van der Waals surface area contributed by atoms with E-state index in [-0.39, 0.29) is 6.04 Å². The second-order valence-electron chi connectivity index (χ2n) is 4.84. The zero-order chi connectivity index (χ0) is 13.4. The fraction of sp³-hybridized carbons (Fsp3) is 0.286. The van der Waals surface area contributed by atoms with E-state index in [2.05, 4.69) is 25.4 Å². The summed E-state index contributed by atoms with van der Waals surface area (Å²) in [6.45, 7) is 1.01. The molecule has 4 rings (SSSR count). The monoisotopic (exact) mass is 267 g/mol. The largest absolute Gasteiger partial charge is 0.334 e. The molecule has 100 valence electrons. The number of para-hydroxylation sites is 1. The van der Waals surface area contributed by atoms with Crippen LogP contribution in [0.4, 0.5) is 0 Å². The smallest absolute Gasteiger partial charge is 0.260 e. The number of hydrogen-bond acceptors (Lipinski definition) is 6. The molecular weight excluding hydrogens is 254 g/mol. The number of rotatable bonds is 2. The van der Waals surface area contributed by atoms with Crippen LogP contribution >= 0.6 is 0 Å². The highest BCUT2D eigenvalue weighted by atomic mass is 16.5. The van der Waals surface area contributed by atoms with Crippen LogP contribution in [0.25, 0.3) is 22.5 Å². The van der Waals surface area contributed by atoms with Crippen LogP contribution in [0, 0.1) is 0 Å². The molecule has 1 unspecified atom stereocenters. The summed E-state index contributed by atoms with van der Waals surface area (Å²) in [5, 5.41) is 7.45. The van der Waals surface area contributed by atoms with Crippen molar-refractivity contribution in [3.05, 3.63) is 36.4 Å². The van der Waals surface area contributed by atoms with Gasteiger partial charge in [0.25, 0.3) is 5.89 Å². The standard InChI is InChI=1S/C14H13N5O/c1-3-9(12-10(4-1)16-7-8-17-12)14-18-13(19-20-14)11-5-2-6-15-11/h1,3-4,7-8,11,15H,2,5-6H2. The third kappa shape index (κ3) is 1.85. The molecule has 0 bridgehead atoms. The maximum atomic E-state index is 5.40. The van der Waals surface area contributed by atoms with Crippen LogP contribution in [0.3, 0.4) is 0 Å². The van der Waals surface area contributed by atoms with Gasteiger partial charge in [-0.15, -0.1) is 0 Å². The molecule has 0 radical (unpaired) electrons. The first kappa shape index (κ1) is 11.5. The fourth-order valence-corrected chi connectivity index (χ4v) is 2.56. The summed E-state index contributed by atoms with van der Waals surface area (Å²) in [4.78, 5) is 13.1. The first-order valence-corrected chi connectivity index (χ1v) is 6.69. The van der Waals surface area contributed by atoms with E-state index >= 15 is 0 Å². The van der Waals surface area contributed by atoms with Crippen molar-refractivity contribution in [3.8, 4) is 11.5 Å². The Kier molecular flexibility index (Phi) is 2.67. The Morgan fingerprint density at radius 1 is 1.20 bits per heavy atom. The van der Waals surface area contributed by atoms with Crippen molar-refractivity contribution in [1.82, 2.24) is 25.4 Å². The number of aromatic nitrogens is 4. The lowest BCUT2D eigenvalue weighted by molar-refractivity contribution is 0.412. The van der Waals surface area contributed by atoms with Crippen molar-refractivity contribution in [2.45, 2.75) is 18.9 Å². The summed E-state index contributed by atoms with van der Waals surface area (Å²) < 4.78 is 5.40. The van der Waals surface area contributed by atoms with Gasteiger partial charge < -0.3 is 9.84 Å². The van der Waals surface area contributed by atoms with Crippen molar-refractivity contribution in [2.75, 3.05) is 6.54 Å². The second kappa shape index (κ2) is 4.64. The van der Waals surface area contributed by atoms with Crippen LogP contribution < -0.4 is 5.32 Å². The van der Waals surface area contributed by atoms with Gasteiger partial charge in [-0.3, -0.25) is 9.97 Å². The highest BCUT2D eigenvalue weighted by Gasteiger charge is 2.22. The SMILES string of the molecule is c1cc(-c2nc(C3CCCN3)no2)c2nccnc2c1. The minimum absolute atomic E-state index is 0.202. The molecular formula is C14H13N5O. The van der Waals surface area contributed by atoms with Gasteiger partial charge in [-0.2, -0.15) is 4.98 Å². The topological polar surface area (TPSA) is 76.7 Å². The minimum atomic E-state index is 0.202. The Balaban J connectivity index is 1.79. The van der Waals surface area contributed by atoms with E-state index in [9.17, 15) is 0 Å². The van der Waals surface area contributed by atoms with Gasteiger partial charge in [0.1, 0.15) is 5.52 Å². The molecule has 6 nitrogen and oxygen atoms in total. The Morgan fingerprint density at radius 3 is 3.05 bits per heavy atom. The molecule has 20 heavy (non-hydrogen) atoms. The first-order chi connectivity index (χ1) is 9.92. The van der Waals surface area contributed by atoms with Crippen molar-refractivity contribution < 1.29 is 4.52 Å². The van der Waals surface area contributed by atoms with Gasteiger partial charge in [-0.25, -0.2) is 0 Å². The molecule has 0 saturated carbocycles. The molecule has 1 aliphatic rings. The molecule has 3 heterocycles. The lowest BCUT2D eigenvalue weighted by Crippen LogP contribution is -2.14. The van der Waals surface area contributed by atoms with Crippen LogP contribution in [-0.2, 0) is 0 Å². The summed E-state index contributed by atoms with van der Waals surface area (Å²) in [5.41, 5.74) is 2.43. The molecule has 1 aliphatic heterocycles. The van der Waals surface area contributed by atoms with E-state index in [4.69, 9.17) is 4.52 Å². The van der Waals surface area contributed by atoms with Gasteiger partial charge in [-0.1, -0.05) is 11.2 Å². The molecule has 1 N–H and O–H groups in total. The Labute approximate surface area is 115 Å². The third-order valence-corrected chi connectivity index (χ3v) is 3.54. The summed E-state index contributed by atoms with van der Waals surface area (Å²) >= 11 is 0. The lowest BCUT2D eigenvalue weighted by Gasteiger charge is -2.02. The van der Waals surface area contributed by atoms with Gasteiger partial charge in [0.05, 0.1) is 17.1 Å². The molecule has 0 spiro atoms. The Morgan fingerprint density at radius 2 is 2.15 bits per heavy atom. The summed E-state index contributed by atoms with van der Waals surface area (Å²) in [5.74, 6) is 1.22. The second-order valence-corrected chi connectivity index (χ2v) is 4.84. The average molecular weight is 267 g/mol. The van der Waals surface area contributed by atoms with Gasteiger partial charge in [0, 0.05) is 12.4 Å². The quantitative estimate of drug-likeness (QED) is 0.766. The number of benzene rings is 1. The van der Waals surface area contributed by atoms with E-state index in [1.165, 1.54) is 0 Å². The van der Waals surface area contributed by atoms with Crippen LogP contribution in [0.15, 0.2) is 35.1 Å². The molecule has 1 atom stereocenters. The van der Waals surface area contributed by atoms with Crippen molar-refractivity contribution in [3.63, 3.8) is 0 Å². The lowest BCUT2D eigenvalue weighted by atomic mass is 10.1. The molecule has 2 aromatic heterocycles. The third-order valence-electron chi connectivity index (χ3n) is 3.54. The van der Waals surface area contributed by atoms with Gasteiger partial charge in [0.2, 0.25) is 0 Å². The summed E-state index contributed by atoms with van der Waals surface area (Å²) in [6.07, 6.45) is 5.54. The van der Waals surface area contributed by atoms with E-state index in [1.54, 1.807) is 12.4 Å². The van der Waals surface area contributed by atoms with E-state index in [0.717, 1.165) is 41.8 Å². The van der Waals surface area contributed by atoms with E-state index < -0.39 is 0 Å². The molecule has 6 heteroatoms. The molecule has 3 aromatic rings. The van der Waals surface area contributed by atoms with Crippen LogP contribution in [0.1, 0.15) is 24.7 Å². The average Bonchev–Trinajstić information content (AvgIpc) is 3.17. The van der Waals surface area contributed by atoms with Crippen molar-refractivity contribution in [2.24, 2.45) is 0 Å². The zero-order valence-electron chi connectivity index (χ0n) is 10.8. The van der Waals surface area contributed by atoms with Crippen molar-refractivity contribution >= 4 is 11.0 Å².